The highest BCUT2D eigenvalue weighted by atomic mass is 16.5. The highest BCUT2D eigenvalue weighted by Gasteiger charge is 2.07. The average Bonchev–Trinajstić information content (AvgIpc) is 2.37. The Labute approximate surface area is 120 Å². The predicted molar refractivity (Wildman–Crippen MR) is 82.3 cm³/mol. The van der Waals surface area contributed by atoms with Crippen molar-refractivity contribution < 1.29 is 9.53 Å². The van der Waals surface area contributed by atoms with E-state index in [4.69, 9.17) is 4.74 Å². The van der Waals surface area contributed by atoms with Crippen LogP contribution in [0.1, 0.15) is 97.8 Å². The van der Waals surface area contributed by atoms with Gasteiger partial charge in [0.25, 0.3) is 0 Å². The number of unbranched alkanes of at least 4 members (excludes halogenated alkanes) is 8. The molecule has 2 nitrogen and oxygen atoms in total. The molecule has 0 aromatic carbocycles. The fraction of sp³-hybridized carbons (Fsp3) is 0.941. The Morgan fingerprint density at radius 3 is 1.89 bits per heavy atom. The standard InChI is InChI=1S/C17H34O2/c1-4-6-7-8-9-10-11-12-13-15-17(18)19-16(3)14-5-2/h16H,4-15H2,1-3H3/t16-/m1/s1. The van der Waals surface area contributed by atoms with Crippen LogP contribution in [0.5, 0.6) is 0 Å². The van der Waals surface area contributed by atoms with Gasteiger partial charge in [-0.3, -0.25) is 4.79 Å². The van der Waals surface area contributed by atoms with Crippen LogP contribution in [0.4, 0.5) is 0 Å². The van der Waals surface area contributed by atoms with Crippen LogP contribution >= 0.6 is 0 Å². The molecule has 0 N–H and O–H groups in total. The van der Waals surface area contributed by atoms with Crippen molar-refractivity contribution in [2.75, 3.05) is 0 Å². The largest absolute Gasteiger partial charge is 0.463 e. The SMILES string of the molecule is CCCCCCCCCCCC(=O)O[C@H](C)CCC. The summed E-state index contributed by atoms with van der Waals surface area (Å²) < 4.78 is 5.32. The molecule has 0 aromatic heterocycles. The third kappa shape index (κ3) is 13.7. The van der Waals surface area contributed by atoms with Crippen LogP contribution in [0.25, 0.3) is 0 Å². The van der Waals surface area contributed by atoms with Gasteiger partial charge in [0.2, 0.25) is 0 Å². The van der Waals surface area contributed by atoms with Gasteiger partial charge in [-0.2, -0.15) is 0 Å². The summed E-state index contributed by atoms with van der Waals surface area (Å²) in [6, 6.07) is 0. The van der Waals surface area contributed by atoms with Crippen LogP contribution < -0.4 is 0 Å². The van der Waals surface area contributed by atoms with Crippen molar-refractivity contribution in [1.82, 2.24) is 0 Å². The van der Waals surface area contributed by atoms with Gasteiger partial charge in [-0.05, 0) is 19.8 Å². The Morgan fingerprint density at radius 1 is 0.842 bits per heavy atom. The molecule has 0 aliphatic rings. The maximum Gasteiger partial charge on any atom is 0.306 e. The topological polar surface area (TPSA) is 26.3 Å². The van der Waals surface area contributed by atoms with Gasteiger partial charge in [0, 0.05) is 6.42 Å². The van der Waals surface area contributed by atoms with E-state index >= 15 is 0 Å². The Bertz CT molecular complexity index is 201. The Balaban J connectivity index is 3.23. The molecule has 0 heterocycles. The second-order valence-corrected chi connectivity index (χ2v) is 5.67. The van der Waals surface area contributed by atoms with Gasteiger partial charge in [0.05, 0.1) is 6.10 Å². The van der Waals surface area contributed by atoms with Crippen LogP contribution in [0.3, 0.4) is 0 Å². The van der Waals surface area contributed by atoms with Gasteiger partial charge in [-0.1, -0.05) is 71.6 Å². The van der Waals surface area contributed by atoms with Crippen molar-refractivity contribution >= 4 is 5.97 Å². The molecule has 0 aliphatic heterocycles. The molecule has 0 saturated carbocycles. The van der Waals surface area contributed by atoms with E-state index in [1.54, 1.807) is 0 Å². The third-order valence-corrected chi connectivity index (χ3v) is 3.51. The summed E-state index contributed by atoms with van der Waals surface area (Å²) >= 11 is 0. The Kier molecular flexibility index (Phi) is 13.5. The fourth-order valence-corrected chi connectivity index (χ4v) is 2.33. The van der Waals surface area contributed by atoms with Crippen molar-refractivity contribution in [3.05, 3.63) is 0 Å². The molecule has 0 radical (unpaired) electrons. The molecule has 0 rings (SSSR count). The zero-order chi connectivity index (χ0) is 14.3. The lowest BCUT2D eigenvalue weighted by molar-refractivity contribution is -0.148. The van der Waals surface area contributed by atoms with Crippen LogP contribution in [0, 0.1) is 0 Å². The van der Waals surface area contributed by atoms with E-state index in [0.717, 1.165) is 19.3 Å². The molecule has 0 bridgehead atoms. The summed E-state index contributed by atoms with van der Waals surface area (Å²) in [5, 5.41) is 0. The second kappa shape index (κ2) is 13.9. The van der Waals surface area contributed by atoms with Crippen molar-refractivity contribution in [1.29, 1.82) is 0 Å². The smallest absolute Gasteiger partial charge is 0.306 e. The van der Waals surface area contributed by atoms with Crippen LogP contribution in [-0.2, 0) is 9.53 Å². The molecule has 0 aliphatic carbocycles. The maximum atomic E-state index is 11.5. The fourth-order valence-electron chi connectivity index (χ4n) is 2.33. The van der Waals surface area contributed by atoms with Crippen LogP contribution in [-0.4, -0.2) is 12.1 Å². The van der Waals surface area contributed by atoms with E-state index in [9.17, 15) is 4.79 Å². The summed E-state index contributed by atoms with van der Waals surface area (Å²) in [6.45, 7) is 6.35. The molecule has 2 heteroatoms. The number of hydrogen-bond donors (Lipinski definition) is 0. The molecule has 114 valence electrons. The molecule has 0 aromatic rings. The molecule has 0 spiro atoms. The quantitative estimate of drug-likeness (QED) is 0.320. The van der Waals surface area contributed by atoms with E-state index in [1.165, 1.54) is 51.4 Å². The first-order valence-electron chi connectivity index (χ1n) is 8.40. The number of esters is 1. The molecule has 0 fully saturated rings. The maximum absolute atomic E-state index is 11.5. The monoisotopic (exact) mass is 270 g/mol. The van der Waals surface area contributed by atoms with E-state index in [2.05, 4.69) is 13.8 Å². The number of carbonyl (C=O) groups excluding carboxylic acids is 1. The molecular weight excluding hydrogens is 236 g/mol. The minimum absolute atomic E-state index is 0.0103. The first kappa shape index (κ1) is 18.5. The van der Waals surface area contributed by atoms with E-state index in [0.29, 0.717) is 6.42 Å². The van der Waals surface area contributed by atoms with E-state index in [1.807, 2.05) is 6.92 Å². The minimum atomic E-state index is -0.0103. The first-order valence-corrected chi connectivity index (χ1v) is 8.40. The summed E-state index contributed by atoms with van der Waals surface area (Å²) in [5.74, 6) is -0.0103. The predicted octanol–water partition coefficient (Wildman–Crippen LogP) is 5.64. The van der Waals surface area contributed by atoms with E-state index < -0.39 is 0 Å². The van der Waals surface area contributed by atoms with Gasteiger partial charge in [-0.25, -0.2) is 0 Å². The highest BCUT2D eigenvalue weighted by molar-refractivity contribution is 5.69. The van der Waals surface area contributed by atoms with Crippen molar-refractivity contribution in [3.8, 4) is 0 Å². The molecular formula is C17H34O2. The lowest BCUT2D eigenvalue weighted by Gasteiger charge is -2.11. The van der Waals surface area contributed by atoms with Gasteiger partial charge < -0.3 is 4.74 Å². The minimum Gasteiger partial charge on any atom is -0.463 e. The van der Waals surface area contributed by atoms with Gasteiger partial charge in [-0.15, -0.1) is 0 Å². The summed E-state index contributed by atoms with van der Waals surface area (Å²) in [7, 11) is 0. The molecule has 0 amide bonds. The van der Waals surface area contributed by atoms with Gasteiger partial charge in [0.1, 0.15) is 0 Å². The summed E-state index contributed by atoms with van der Waals surface area (Å²) in [6.07, 6.45) is 14.3. The van der Waals surface area contributed by atoms with Crippen molar-refractivity contribution in [2.24, 2.45) is 0 Å². The summed E-state index contributed by atoms with van der Waals surface area (Å²) in [4.78, 5) is 11.5. The van der Waals surface area contributed by atoms with Crippen LogP contribution in [0.2, 0.25) is 0 Å². The number of ether oxygens (including phenoxy) is 1. The highest BCUT2D eigenvalue weighted by Crippen LogP contribution is 2.11. The lowest BCUT2D eigenvalue weighted by atomic mass is 10.1. The lowest BCUT2D eigenvalue weighted by Crippen LogP contribution is -2.14. The van der Waals surface area contributed by atoms with Crippen molar-refractivity contribution in [2.45, 2.75) is 104 Å². The van der Waals surface area contributed by atoms with E-state index in [-0.39, 0.29) is 12.1 Å². The zero-order valence-electron chi connectivity index (χ0n) is 13.4. The average molecular weight is 270 g/mol. The normalized spacial score (nSPS) is 12.4. The third-order valence-electron chi connectivity index (χ3n) is 3.51. The molecule has 0 unspecified atom stereocenters. The second-order valence-electron chi connectivity index (χ2n) is 5.67. The number of rotatable bonds is 13. The molecule has 1 atom stereocenters. The Hall–Kier alpha value is -0.530. The first-order chi connectivity index (χ1) is 9.20. The number of hydrogen-bond acceptors (Lipinski definition) is 2. The van der Waals surface area contributed by atoms with Crippen molar-refractivity contribution in [3.63, 3.8) is 0 Å². The summed E-state index contributed by atoms with van der Waals surface area (Å²) in [5.41, 5.74) is 0. The van der Waals surface area contributed by atoms with Crippen LogP contribution in [0.15, 0.2) is 0 Å². The van der Waals surface area contributed by atoms with Gasteiger partial charge in [0.15, 0.2) is 0 Å². The zero-order valence-corrected chi connectivity index (χ0v) is 13.4. The Morgan fingerprint density at radius 2 is 1.37 bits per heavy atom. The number of carbonyl (C=O) groups is 1. The molecule has 0 saturated heterocycles. The van der Waals surface area contributed by atoms with Gasteiger partial charge >= 0.3 is 5.97 Å². The molecule has 19 heavy (non-hydrogen) atoms.